The Morgan fingerprint density at radius 3 is 2.02 bits per heavy atom. The van der Waals surface area contributed by atoms with Gasteiger partial charge in [0.2, 0.25) is 0 Å². The molecule has 0 spiro atoms. The summed E-state index contributed by atoms with van der Waals surface area (Å²) in [4.78, 5) is 23.7. The summed E-state index contributed by atoms with van der Waals surface area (Å²) in [5.41, 5.74) is 2.45. The molecule has 0 amide bonds. The van der Waals surface area contributed by atoms with Crippen LogP contribution in [0.4, 0.5) is 0 Å². The molecule has 1 aliphatic heterocycles. The minimum absolute atomic E-state index is 0.0313. The van der Waals surface area contributed by atoms with Gasteiger partial charge in [-0.15, -0.1) is 0 Å². The van der Waals surface area contributed by atoms with Crippen LogP contribution in [-0.2, 0) is 26.4 Å². The molecule has 0 aliphatic carbocycles. The first-order chi connectivity index (χ1) is 24.0. The molecule has 1 fully saturated rings. The molecule has 11 nitrogen and oxygen atoms in total. The largest absolute Gasteiger partial charge is 0.497 e. The van der Waals surface area contributed by atoms with Crippen molar-refractivity contribution in [2.45, 2.75) is 36.7 Å². The Labute approximate surface area is 282 Å². The molecule has 49 heavy (non-hydrogen) atoms. The van der Waals surface area contributed by atoms with E-state index < -0.39 is 30.1 Å². The van der Waals surface area contributed by atoms with Crippen LogP contribution in [0.25, 0.3) is 11.2 Å². The van der Waals surface area contributed by atoms with Crippen LogP contribution in [0.1, 0.15) is 28.5 Å². The summed E-state index contributed by atoms with van der Waals surface area (Å²) >= 11 is 0. The number of hydrogen-bond acceptors (Lipinski definition) is 9. The molecule has 6 aromatic rings. The zero-order chi connectivity index (χ0) is 33.8. The predicted molar refractivity (Wildman–Crippen MR) is 181 cm³/mol. The Hall–Kier alpha value is -5.33. The van der Waals surface area contributed by atoms with E-state index in [4.69, 9.17) is 23.7 Å². The highest BCUT2D eigenvalue weighted by atomic mass is 16.6. The number of ether oxygens (including phenoxy) is 5. The first kappa shape index (κ1) is 32.2. The molecule has 1 saturated heterocycles. The SMILES string of the molecule is COc1ccc(C(OC[C@H]2O[C@@H](n3cnc4c(=O)[nH]cnc43)C(OCc3ccccc3)C2O)(c2ccccc2)c2ccc(OC)cc2)cc1. The number of methoxy groups -OCH3 is 2. The number of nitrogens with one attached hydrogen (secondary N) is 1. The molecule has 11 heteroatoms. The number of imidazole rings is 1. The van der Waals surface area contributed by atoms with Crippen LogP contribution in [0.5, 0.6) is 11.5 Å². The lowest BCUT2D eigenvalue weighted by atomic mass is 9.80. The number of hydrogen-bond donors (Lipinski definition) is 2. The van der Waals surface area contributed by atoms with Crippen LogP contribution in [0.3, 0.4) is 0 Å². The molecule has 2 aromatic heterocycles. The Bertz CT molecular complexity index is 1990. The number of H-pyrrole nitrogens is 1. The van der Waals surface area contributed by atoms with Gasteiger partial charge in [-0.25, -0.2) is 9.97 Å². The number of aliphatic hydroxyl groups excluding tert-OH is 1. The highest BCUT2D eigenvalue weighted by Crippen LogP contribution is 2.43. The summed E-state index contributed by atoms with van der Waals surface area (Å²) in [7, 11) is 3.25. The van der Waals surface area contributed by atoms with Crippen LogP contribution in [-0.4, -0.2) is 63.8 Å². The van der Waals surface area contributed by atoms with Crippen molar-refractivity contribution >= 4 is 11.2 Å². The third-order valence-electron chi connectivity index (χ3n) is 8.87. The van der Waals surface area contributed by atoms with E-state index in [1.807, 2.05) is 109 Å². The van der Waals surface area contributed by atoms with Gasteiger partial charge in [-0.3, -0.25) is 9.36 Å². The van der Waals surface area contributed by atoms with E-state index in [-0.39, 0.29) is 24.3 Å². The summed E-state index contributed by atoms with van der Waals surface area (Å²) in [6.07, 6.45) is -0.875. The molecular formula is C38H36N4O7. The fourth-order valence-electron chi connectivity index (χ4n) is 6.36. The maximum atomic E-state index is 12.5. The number of benzene rings is 4. The fraction of sp³-hybridized carbons (Fsp3) is 0.237. The zero-order valence-electron chi connectivity index (χ0n) is 27.0. The van der Waals surface area contributed by atoms with Crippen molar-refractivity contribution < 1.29 is 28.8 Å². The van der Waals surface area contributed by atoms with Crippen molar-refractivity contribution in [2.24, 2.45) is 0 Å². The average Bonchev–Trinajstić information content (AvgIpc) is 3.73. The minimum atomic E-state index is -1.13. The van der Waals surface area contributed by atoms with Crippen molar-refractivity contribution in [1.29, 1.82) is 0 Å². The standard InChI is InChI=1S/C38H36N4O7/c1-45-29-17-13-27(14-18-29)38(26-11-7-4-8-12-26,28-15-19-30(46-2)20-16-28)48-22-31-33(43)34(47-21-25-9-5-3-6-10-25)37(49-31)42-24-41-32-35(42)39-23-40-36(32)44/h3-20,23-24,31,33-34,37,43H,21-22H2,1-2H3,(H,39,40,44)/t31-,33?,34?,37-/m1/s1. The van der Waals surface area contributed by atoms with Gasteiger partial charge in [-0.1, -0.05) is 84.9 Å². The molecule has 0 radical (unpaired) electrons. The van der Waals surface area contributed by atoms with Crippen LogP contribution < -0.4 is 15.0 Å². The van der Waals surface area contributed by atoms with E-state index in [0.717, 1.165) is 22.3 Å². The van der Waals surface area contributed by atoms with E-state index in [1.165, 1.54) is 12.7 Å². The van der Waals surface area contributed by atoms with Crippen molar-refractivity contribution in [3.63, 3.8) is 0 Å². The Morgan fingerprint density at radius 2 is 1.41 bits per heavy atom. The number of aromatic amines is 1. The quantitative estimate of drug-likeness (QED) is 0.175. The highest BCUT2D eigenvalue weighted by Gasteiger charge is 2.48. The fourth-order valence-corrected chi connectivity index (χ4v) is 6.36. The highest BCUT2D eigenvalue weighted by molar-refractivity contribution is 5.68. The maximum Gasteiger partial charge on any atom is 0.278 e. The normalized spacial score (nSPS) is 19.2. The number of rotatable bonds is 12. The molecule has 1 aliphatic rings. The van der Waals surface area contributed by atoms with Gasteiger partial charge in [0.15, 0.2) is 17.4 Å². The number of nitrogens with zero attached hydrogens (tertiary/aromatic N) is 3. The zero-order valence-corrected chi connectivity index (χ0v) is 27.0. The second-order valence-corrected chi connectivity index (χ2v) is 11.7. The molecular weight excluding hydrogens is 624 g/mol. The van der Waals surface area contributed by atoms with Crippen molar-refractivity contribution in [3.8, 4) is 11.5 Å². The summed E-state index contributed by atoms with van der Waals surface area (Å²) in [6.45, 7) is 0.193. The van der Waals surface area contributed by atoms with Gasteiger partial charge in [0.25, 0.3) is 5.56 Å². The number of aliphatic hydroxyl groups is 1. The van der Waals surface area contributed by atoms with Gasteiger partial charge in [-0.05, 0) is 46.5 Å². The molecule has 3 heterocycles. The molecule has 4 aromatic carbocycles. The average molecular weight is 661 g/mol. The monoisotopic (exact) mass is 660 g/mol. The predicted octanol–water partition coefficient (Wildman–Crippen LogP) is 4.99. The molecule has 250 valence electrons. The summed E-state index contributed by atoms with van der Waals surface area (Å²) in [5, 5.41) is 11.9. The van der Waals surface area contributed by atoms with Crippen LogP contribution in [0.2, 0.25) is 0 Å². The maximum absolute atomic E-state index is 12.5. The molecule has 4 atom stereocenters. The molecule has 2 N–H and O–H groups in total. The minimum Gasteiger partial charge on any atom is -0.497 e. The lowest BCUT2D eigenvalue weighted by molar-refractivity contribution is -0.0968. The smallest absolute Gasteiger partial charge is 0.278 e. The first-order valence-corrected chi connectivity index (χ1v) is 15.9. The van der Waals surface area contributed by atoms with Gasteiger partial charge in [0, 0.05) is 0 Å². The van der Waals surface area contributed by atoms with Crippen molar-refractivity contribution in [3.05, 3.63) is 154 Å². The third-order valence-corrected chi connectivity index (χ3v) is 8.87. The van der Waals surface area contributed by atoms with Crippen molar-refractivity contribution in [1.82, 2.24) is 19.5 Å². The number of fused-ring (bicyclic) bond motifs is 1. The van der Waals surface area contributed by atoms with E-state index in [2.05, 4.69) is 15.0 Å². The van der Waals surface area contributed by atoms with E-state index in [0.29, 0.717) is 17.1 Å². The Balaban J connectivity index is 1.27. The van der Waals surface area contributed by atoms with Crippen LogP contribution in [0.15, 0.2) is 127 Å². The van der Waals surface area contributed by atoms with Gasteiger partial charge < -0.3 is 33.8 Å². The topological polar surface area (TPSA) is 130 Å². The van der Waals surface area contributed by atoms with E-state index in [9.17, 15) is 9.90 Å². The third kappa shape index (κ3) is 6.20. The first-order valence-electron chi connectivity index (χ1n) is 15.9. The Kier molecular flexibility index (Phi) is 9.23. The molecule has 2 unspecified atom stereocenters. The molecule has 0 bridgehead atoms. The lowest BCUT2D eigenvalue weighted by Crippen LogP contribution is -2.40. The van der Waals surface area contributed by atoms with Crippen LogP contribution in [0, 0.1) is 0 Å². The van der Waals surface area contributed by atoms with Crippen LogP contribution >= 0.6 is 0 Å². The number of aromatic nitrogens is 4. The van der Waals surface area contributed by atoms with E-state index in [1.54, 1.807) is 18.8 Å². The lowest BCUT2D eigenvalue weighted by Gasteiger charge is -2.37. The van der Waals surface area contributed by atoms with Crippen molar-refractivity contribution in [2.75, 3.05) is 20.8 Å². The second-order valence-electron chi connectivity index (χ2n) is 11.7. The van der Waals surface area contributed by atoms with Gasteiger partial charge in [0.05, 0.1) is 40.1 Å². The molecule has 7 rings (SSSR count). The second kappa shape index (κ2) is 14.0. The van der Waals surface area contributed by atoms with Gasteiger partial charge in [0.1, 0.15) is 35.4 Å². The molecule has 0 saturated carbocycles. The summed E-state index contributed by atoms with van der Waals surface area (Å²) in [5.74, 6) is 1.41. The summed E-state index contributed by atoms with van der Waals surface area (Å²) in [6, 6.07) is 35.0. The van der Waals surface area contributed by atoms with Gasteiger partial charge in [-0.2, -0.15) is 0 Å². The summed E-state index contributed by atoms with van der Waals surface area (Å²) < 4.78 is 32.6. The van der Waals surface area contributed by atoms with E-state index >= 15 is 0 Å². The van der Waals surface area contributed by atoms with Gasteiger partial charge >= 0.3 is 0 Å². The Morgan fingerprint density at radius 1 is 0.816 bits per heavy atom.